The van der Waals surface area contributed by atoms with Gasteiger partial charge in [-0.2, -0.15) is 8.42 Å². The second-order valence-electron chi connectivity index (χ2n) is 1.31. The van der Waals surface area contributed by atoms with E-state index >= 15 is 0 Å². The number of hydrogen-bond acceptors (Lipinski definition) is 3. The average Bonchev–Trinajstić information content (AvgIpc) is 1.59. The summed E-state index contributed by atoms with van der Waals surface area (Å²) in [5.74, 6) is 0. The smallest absolute Gasteiger partial charge is 0.268 e. The standard InChI is InChI=1S/C3H9O3PS/c1-2-3-6-8(4,5)7/h2-3,7H2,1H3. The molecule has 0 fully saturated rings. The van der Waals surface area contributed by atoms with Crippen molar-refractivity contribution >= 4 is 18.2 Å². The molecule has 0 aromatic rings. The van der Waals surface area contributed by atoms with Crippen molar-refractivity contribution in [1.82, 2.24) is 0 Å². The quantitative estimate of drug-likeness (QED) is 0.560. The highest BCUT2D eigenvalue weighted by Gasteiger charge is 1.97. The van der Waals surface area contributed by atoms with Gasteiger partial charge in [-0.25, -0.2) is 0 Å². The molecule has 8 heavy (non-hydrogen) atoms. The van der Waals surface area contributed by atoms with Gasteiger partial charge in [0.15, 0.2) is 0 Å². The van der Waals surface area contributed by atoms with Crippen LogP contribution in [0, 0.1) is 0 Å². The first-order chi connectivity index (χ1) is 3.56. The molecular formula is C3H9O3PS. The van der Waals surface area contributed by atoms with E-state index in [0.717, 1.165) is 0 Å². The maximum absolute atomic E-state index is 10.1. The van der Waals surface area contributed by atoms with Gasteiger partial charge in [0.25, 0.3) is 9.74 Å². The number of rotatable bonds is 3. The third kappa shape index (κ3) is 6.34. The Morgan fingerprint density at radius 3 is 2.25 bits per heavy atom. The first-order valence-electron chi connectivity index (χ1n) is 2.23. The largest absolute Gasteiger partial charge is 0.277 e. The van der Waals surface area contributed by atoms with Gasteiger partial charge in [-0.1, -0.05) is 6.92 Å². The predicted octanol–water partition coefficient (Wildman–Crippen LogP) is 0.533. The second-order valence-corrected chi connectivity index (χ2v) is 4.27. The van der Waals surface area contributed by atoms with Crippen LogP contribution in [0.4, 0.5) is 0 Å². The zero-order valence-corrected chi connectivity index (χ0v) is 6.60. The van der Waals surface area contributed by atoms with Gasteiger partial charge in [-0.15, -0.1) is 0 Å². The highest BCUT2D eigenvalue weighted by molar-refractivity contribution is 8.34. The van der Waals surface area contributed by atoms with Crippen LogP contribution in [-0.4, -0.2) is 15.0 Å². The molecule has 0 radical (unpaired) electrons. The minimum atomic E-state index is -3.27. The molecule has 0 aliphatic heterocycles. The van der Waals surface area contributed by atoms with Crippen molar-refractivity contribution in [2.24, 2.45) is 0 Å². The van der Waals surface area contributed by atoms with Crippen LogP contribution < -0.4 is 0 Å². The monoisotopic (exact) mass is 156 g/mol. The Bertz CT molecular complexity index is 139. The minimum Gasteiger partial charge on any atom is -0.268 e. The third-order valence-corrected chi connectivity index (χ3v) is 1.36. The van der Waals surface area contributed by atoms with Crippen molar-refractivity contribution in [3.05, 3.63) is 0 Å². The third-order valence-electron chi connectivity index (χ3n) is 0.452. The van der Waals surface area contributed by atoms with Crippen LogP contribution in [0.2, 0.25) is 0 Å². The number of hydrogen-bond donors (Lipinski definition) is 0. The molecule has 0 saturated carbocycles. The van der Waals surface area contributed by atoms with Crippen molar-refractivity contribution in [3.8, 4) is 0 Å². The van der Waals surface area contributed by atoms with Crippen molar-refractivity contribution < 1.29 is 12.6 Å². The minimum absolute atomic E-state index is 0.270. The van der Waals surface area contributed by atoms with Gasteiger partial charge in [-0.05, 0) is 6.42 Å². The van der Waals surface area contributed by atoms with Gasteiger partial charge < -0.3 is 0 Å². The Morgan fingerprint density at radius 1 is 1.62 bits per heavy atom. The highest BCUT2D eigenvalue weighted by Crippen LogP contribution is 2.01. The summed E-state index contributed by atoms with van der Waals surface area (Å²) >= 11 is 0. The Balaban J connectivity index is 3.42. The summed E-state index contributed by atoms with van der Waals surface area (Å²) in [5.41, 5.74) is 0. The maximum Gasteiger partial charge on any atom is 0.277 e. The van der Waals surface area contributed by atoms with Crippen LogP contribution in [-0.2, 0) is 13.9 Å². The second kappa shape index (κ2) is 3.38. The summed E-state index contributed by atoms with van der Waals surface area (Å²) in [7, 11) is -1.65. The molecule has 0 rings (SSSR count). The zero-order valence-electron chi connectivity index (χ0n) is 4.62. The summed E-state index contributed by atoms with van der Waals surface area (Å²) < 4.78 is 24.6. The lowest BCUT2D eigenvalue weighted by molar-refractivity contribution is 0.329. The molecule has 0 aromatic carbocycles. The van der Waals surface area contributed by atoms with E-state index in [9.17, 15) is 8.42 Å². The van der Waals surface area contributed by atoms with Gasteiger partial charge in [0.1, 0.15) is 0 Å². The predicted molar refractivity (Wildman–Crippen MR) is 34.9 cm³/mol. The molecule has 0 spiro atoms. The van der Waals surface area contributed by atoms with Gasteiger partial charge >= 0.3 is 0 Å². The molecule has 50 valence electrons. The van der Waals surface area contributed by atoms with E-state index in [4.69, 9.17) is 0 Å². The van der Waals surface area contributed by atoms with Gasteiger partial charge in [0.2, 0.25) is 0 Å². The summed E-state index contributed by atoms with van der Waals surface area (Å²) in [6.07, 6.45) is 0.716. The van der Waals surface area contributed by atoms with E-state index in [1.165, 1.54) is 0 Å². The van der Waals surface area contributed by atoms with E-state index in [2.05, 4.69) is 4.18 Å². The van der Waals surface area contributed by atoms with Crippen LogP contribution in [0.15, 0.2) is 0 Å². The molecule has 0 bridgehead atoms. The van der Waals surface area contributed by atoms with Crippen molar-refractivity contribution in [1.29, 1.82) is 0 Å². The fourth-order valence-electron chi connectivity index (χ4n) is 0.199. The average molecular weight is 156 g/mol. The van der Waals surface area contributed by atoms with E-state index in [1.807, 2.05) is 6.92 Å². The van der Waals surface area contributed by atoms with Crippen molar-refractivity contribution in [2.75, 3.05) is 6.61 Å². The lowest BCUT2D eigenvalue weighted by Gasteiger charge is -1.94. The van der Waals surface area contributed by atoms with Gasteiger partial charge in [-0.3, -0.25) is 4.18 Å². The first-order valence-corrected chi connectivity index (χ1v) is 5.12. The Hall–Kier alpha value is 0.340. The Morgan fingerprint density at radius 2 is 2.12 bits per heavy atom. The molecule has 1 atom stereocenters. The Labute approximate surface area is 51.5 Å². The van der Waals surface area contributed by atoms with Crippen LogP contribution in [0.25, 0.3) is 0 Å². The van der Waals surface area contributed by atoms with Crippen LogP contribution >= 0.6 is 8.44 Å². The molecule has 0 heterocycles. The highest BCUT2D eigenvalue weighted by atomic mass is 32.7. The molecule has 0 amide bonds. The van der Waals surface area contributed by atoms with Crippen LogP contribution in [0.1, 0.15) is 13.3 Å². The lowest BCUT2D eigenvalue weighted by atomic mass is 10.5. The maximum atomic E-state index is 10.1. The van der Waals surface area contributed by atoms with E-state index < -0.39 is 9.74 Å². The van der Waals surface area contributed by atoms with Gasteiger partial charge in [0, 0.05) is 8.44 Å². The molecular weight excluding hydrogens is 147 g/mol. The zero-order chi connectivity index (χ0) is 6.62. The van der Waals surface area contributed by atoms with E-state index in [1.54, 1.807) is 8.44 Å². The molecule has 0 aliphatic carbocycles. The fraction of sp³-hybridized carbons (Fsp3) is 1.00. The lowest BCUT2D eigenvalue weighted by Crippen LogP contribution is -1.96. The topological polar surface area (TPSA) is 43.4 Å². The van der Waals surface area contributed by atoms with Crippen molar-refractivity contribution in [3.63, 3.8) is 0 Å². The van der Waals surface area contributed by atoms with E-state index in [-0.39, 0.29) is 6.61 Å². The molecule has 3 nitrogen and oxygen atoms in total. The summed E-state index contributed by atoms with van der Waals surface area (Å²) in [5, 5.41) is 0. The Kier molecular flexibility index (Phi) is 3.53. The summed E-state index contributed by atoms with van der Waals surface area (Å²) in [4.78, 5) is 0. The molecule has 0 aromatic heterocycles. The molecule has 5 heteroatoms. The van der Waals surface area contributed by atoms with Crippen molar-refractivity contribution in [2.45, 2.75) is 13.3 Å². The SMILES string of the molecule is CCCOS(=O)(=O)P. The van der Waals surface area contributed by atoms with E-state index in [0.29, 0.717) is 6.42 Å². The normalized spacial score (nSPS) is 11.8. The molecule has 0 N–H and O–H groups in total. The first kappa shape index (κ1) is 8.34. The molecule has 0 aliphatic rings. The molecule has 1 unspecified atom stereocenters. The fourth-order valence-corrected chi connectivity index (χ4v) is 0.887. The molecule has 0 saturated heterocycles. The van der Waals surface area contributed by atoms with Crippen LogP contribution in [0.3, 0.4) is 0 Å². The summed E-state index contributed by atoms with van der Waals surface area (Å²) in [6, 6.07) is 0. The van der Waals surface area contributed by atoms with Crippen LogP contribution in [0.5, 0.6) is 0 Å². The van der Waals surface area contributed by atoms with Gasteiger partial charge in [0.05, 0.1) is 6.61 Å². The summed E-state index contributed by atoms with van der Waals surface area (Å²) in [6.45, 7) is 2.11.